The maximum absolute atomic E-state index is 12.8. The van der Waals surface area contributed by atoms with Crippen molar-refractivity contribution < 1.29 is 13.6 Å². The van der Waals surface area contributed by atoms with E-state index < -0.39 is 0 Å². The zero-order valence-corrected chi connectivity index (χ0v) is 12.7. The summed E-state index contributed by atoms with van der Waals surface area (Å²) in [6.45, 7) is 4.40. The van der Waals surface area contributed by atoms with Gasteiger partial charge in [0.1, 0.15) is 12.1 Å². The van der Waals surface area contributed by atoms with Crippen molar-refractivity contribution >= 4 is 5.91 Å². The zero-order valence-electron chi connectivity index (χ0n) is 12.7. The van der Waals surface area contributed by atoms with Crippen LogP contribution in [0.15, 0.2) is 34.9 Å². The highest BCUT2D eigenvalue weighted by molar-refractivity contribution is 5.91. The van der Waals surface area contributed by atoms with Crippen molar-refractivity contribution in [3.63, 3.8) is 0 Å². The molecule has 2 rings (SSSR count). The lowest BCUT2D eigenvalue weighted by Crippen LogP contribution is -2.23. The highest BCUT2D eigenvalue weighted by Gasteiger charge is 2.17. The van der Waals surface area contributed by atoms with Gasteiger partial charge in [0.15, 0.2) is 5.69 Å². The van der Waals surface area contributed by atoms with Gasteiger partial charge in [-0.05, 0) is 30.0 Å². The average Bonchev–Trinajstić information content (AvgIpc) is 2.95. The minimum Gasteiger partial charge on any atom is -0.446 e. The lowest BCUT2D eigenvalue weighted by molar-refractivity contribution is 0.0946. The summed E-state index contributed by atoms with van der Waals surface area (Å²) < 4.78 is 18.1. The van der Waals surface area contributed by atoms with Gasteiger partial charge in [-0.15, -0.1) is 0 Å². The molecule has 0 aliphatic heterocycles. The highest BCUT2D eigenvalue weighted by atomic mass is 19.1. The number of amides is 1. The Morgan fingerprint density at radius 2 is 2.05 bits per heavy atom. The number of nitrogens with zero attached hydrogens (tertiary/aromatic N) is 1. The molecule has 0 fully saturated rings. The Balaban J connectivity index is 1.92. The van der Waals surface area contributed by atoms with Gasteiger partial charge in [0, 0.05) is 6.54 Å². The Morgan fingerprint density at radius 1 is 1.36 bits per heavy atom. The van der Waals surface area contributed by atoms with Crippen molar-refractivity contribution in [3.05, 3.63) is 53.5 Å². The molecule has 22 heavy (non-hydrogen) atoms. The van der Waals surface area contributed by atoms with Crippen LogP contribution in [0.25, 0.3) is 0 Å². The molecule has 2 aromatic rings. The van der Waals surface area contributed by atoms with Crippen molar-refractivity contribution in [2.45, 2.75) is 32.9 Å². The lowest BCUT2D eigenvalue weighted by atomic mass is 10.0. The number of benzene rings is 1. The maximum atomic E-state index is 12.8. The summed E-state index contributed by atoms with van der Waals surface area (Å²) in [5, 5.41) is 2.70. The number of hydrogen-bond acceptors (Lipinski definition) is 4. The molecule has 0 aliphatic rings. The third-order valence-electron chi connectivity index (χ3n) is 3.16. The van der Waals surface area contributed by atoms with E-state index in [2.05, 4.69) is 24.1 Å². The fourth-order valence-electron chi connectivity index (χ4n) is 2.05. The summed E-state index contributed by atoms with van der Waals surface area (Å²) >= 11 is 0. The van der Waals surface area contributed by atoms with Gasteiger partial charge in [-0.1, -0.05) is 26.0 Å². The maximum Gasteiger partial charge on any atom is 0.273 e. The molecular weight excluding hydrogens is 285 g/mol. The number of hydrogen-bond donors (Lipinski definition) is 2. The molecule has 0 bridgehead atoms. The second kappa shape index (κ2) is 7.17. The predicted octanol–water partition coefficient (Wildman–Crippen LogP) is 2.79. The molecule has 1 atom stereocenters. The fourth-order valence-corrected chi connectivity index (χ4v) is 2.05. The van der Waals surface area contributed by atoms with Crippen molar-refractivity contribution in [1.82, 2.24) is 10.3 Å². The first-order valence-corrected chi connectivity index (χ1v) is 7.19. The molecule has 5 nitrogen and oxygen atoms in total. The van der Waals surface area contributed by atoms with Crippen LogP contribution in [0.5, 0.6) is 0 Å². The summed E-state index contributed by atoms with van der Waals surface area (Å²) in [7, 11) is 0. The van der Waals surface area contributed by atoms with Gasteiger partial charge < -0.3 is 15.5 Å². The van der Waals surface area contributed by atoms with E-state index in [0.29, 0.717) is 18.4 Å². The molecule has 1 amide bonds. The second-order valence-corrected chi connectivity index (χ2v) is 5.62. The van der Waals surface area contributed by atoms with Crippen LogP contribution in [-0.2, 0) is 6.54 Å². The molecule has 1 aromatic heterocycles. The third-order valence-corrected chi connectivity index (χ3v) is 3.16. The average molecular weight is 305 g/mol. The first kappa shape index (κ1) is 16.2. The van der Waals surface area contributed by atoms with Gasteiger partial charge in [-0.25, -0.2) is 9.37 Å². The first-order valence-electron chi connectivity index (χ1n) is 7.19. The van der Waals surface area contributed by atoms with E-state index in [1.165, 1.54) is 18.4 Å². The Bertz CT molecular complexity index is 623. The number of rotatable bonds is 6. The summed E-state index contributed by atoms with van der Waals surface area (Å²) in [5.74, 6) is 0.115. The largest absolute Gasteiger partial charge is 0.446 e. The molecule has 118 valence electrons. The van der Waals surface area contributed by atoms with Gasteiger partial charge >= 0.3 is 0 Å². The second-order valence-electron chi connectivity index (χ2n) is 5.62. The summed E-state index contributed by atoms with van der Waals surface area (Å²) in [5.41, 5.74) is 6.96. The van der Waals surface area contributed by atoms with E-state index in [0.717, 1.165) is 12.0 Å². The number of aromatic nitrogens is 1. The number of halogens is 1. The molecule has 0 saturated heterocycles. The Hall–Kier alpha value is -2.21. The minimum absolute atomic E-state index is 0.191. The van der Waals surface area contributed by atoms with Crippen molar-refractivity contribution in [2.24, 2.45) is 11.7 Å². The number of nitrogens with one attached hydrogen (secondary N) is 1. The van der Waals surface area contributed by atoms with Gasteiger partial charge in [0.05, 0.1) is 6.04 Å². The van der Waals surface area contributed by atoms with E-state index >= 15 is 0 Å². The van der Waals surface area contributed by atoms with Gasteiger partial charge in [-0.3, -0.25) is 4.79 Å². The number of oxazole rings is 1. The van der Waals surface area contributed by atoms with Crippen molar-refractivity contribution in [1.29, 1.82) is 0 Å². The van der Waals surface area contributed by atoms with Gasteiger partial charge in [-0.2, -0.15) is 0 Å². The Morgan fingerprint density at radius 3 is 2.68 bits per heavy atom. The summed E-state index contributed by atoms with van der Waals surface area (Å²) in [6.07, 6.45) is 2.03. The van der Waals surface area contributed by atoms with Crippen LogP contribution in [0, 0.1) is 11.7 Å². The normalized spacial score (nSPS) is 12.4. The smallest absolute Gasteiger partial charge is 0.273 e. The van der Waals surface area contributed by atoms with Gasteiger partial charge in [0.2, 0.25) is 5.89 Å². The Kier molecular flexibility index (Phi) is 5.27. The van der Waals surface area contributed by atoms with Crippen LogP contribution in [0.3, 0.4) is 0 Å². The Labute approximate surface area is 128 Å². The SMILES string of the molecule is CC(C)CC(N)c1nc(C(=O)NCc2ccc(F)cc2)co1. The number of carbonyl (C=O) groups excluding carboxylic acids is 1. The quantitative estimate of drug-likeness (QED) is 0.860. The van der Waals surface area contributed by atoms with Crippen molar-refractivity contribution in [3.8, 4) is 0 Å². The molecule has 0 aliphatic carbocycles. The molecule has 0 saturated carbocycles. The van der Waals surface area contributed by atoms with Crippen LogP contribution in [-0.4, -0.2) is 10.9 Å². The molecule has 0 radical (unpaired) electrons. The molecule has 0 spiro atoms. The minimum atomic E-state index is -0.351. The van der Waals surface area contributed by atoms with E-state index in [-0.39, 0.29) is 23.5 Å². The van der Waals surface area contributed by atoms with E-state index in [1.54, 1.807) is 12.1 Å². The first-order chi connectivity index (χ1) is 10.5. The molecule has 3 N–H and O–H groups in total. The predicted molar refractivity (Wildman–Crippen MR) is 80.5 cm³/mol. The molecular formula is C16H20FN3O2. The number of nitrogens with two attached hydrogens (primary N) is 1. The molecule has 6 heteroatoms. The lowest BCUT2D eigenvalue weighted by Gasteiger charge is -2.09. The third kappa shape index (κ3) is 4.39. The van der Waals surface area contributed by atoms with E-state index in [9.17, 15) is 9.18 Å². The van der Waals surface area contributed by atoms with Crippen LogP contribution in [0.1, 0.15) is 48.3 Å². The highest BCUT2D eigenvalue weighted by Crippen LogP contribution is 2.18. The van der Waals surface area contributed by atoms with Crippen LogP contribution in [0.4, 0.5) is 4.39 Å². The van der Waals surface area contributed by atoms with Crippen molar-refractivity contribution in [2.75, 3.05) is 0 Å². The molecule has 1 unspecified atom stereocenters. The zero-order chi connectivity index (χ0) is 16.1. The monoisotopic (exact) mass is 305 g/mol. The molecule has 1 heterocycles. The van der Waals surface area contributed by atoms with E-state index in [4.69, 9.17) is 10.2 Å². The standard InChI is InChI=1S/C16H20FN3O2/c1-10(2)7-13(18)16-20-14(9-22-16)15(21)19-8-11-3-5-12(17)6-4-11/h3-6,9-10,13H,7-8,18H2,1-2H3,(H,19,21). The summed E-state index contributed by atoms with van der Waals surface area (Å²) in [6, 6.07) is 5.60. The van der Waals surface area contributed by atoms with E-state index in [1.807, 2.05) is 0 Å². The topological polar surface area (TPSA) is 81.1 Å². The van der Waals surface area contributed by atoms with Crippen LogP contribution < -0.4 is 11.1 Å². The summed E-state index contributed by atoms with van der Waals surface area (Å²) in [4.78, 5) is 16.1. The fraction of sp³-hybridized carbons (Fsp3) is 0.375. The molecule has 1 aromatic carbocycles. The van der Waals surface area contributed by atoms with Crippen LogP contribution in [0.2, 0.25) is 0 Å². The number of carbonyl (C=O) groups is 1. The van der Waals surface area contributed by atoms with Gasteiger partial charge in [0.25, 0.3) is 5.91 Å². The van der Waals surface area contributed by atoms with Crippen LogP contribution >= 0.6 is 0 Å².